The largest absolute Gasteiger partial charge is 0.476 e. The SMILES string of the molecule is O=C(O)c1nc(C2CCCCC2)[nH]c1C=Cc1ccccc1. The van der Waals surface area contributed by atoms with Crippen molar-refractivity contribution in [2.45, 2.75) is 38.0 Å². The maximum atomic E-state index is 11.4. The molecule has 22 heavy (non-hydrogen) atoms. The molecule has 4 nitrogen and oxygen atoms in total. The van der Waals surface area contributed by atoms with E-state index in [4.69, 9.17) is 0 Å². The minimum Gasteiger partial charge on any atom is -0.476 e. The maximum Gasteiger partial charge on any atom is 0.356 e. The molecule has 0 aliphatic heterocycles. The van der Waals surface area contributed by atoms with Crippen molar-refractivity contribution < 1.29 is 9.90 Å². The van der Waals surface area contributed by atoms with Crippen LogP contribution in [0, 0.1) is 0 Å². The van der Waals surface area contributed by atoms with Crippen LogP contribution in [0.15, 0.2) is 30.3 Å². The van der Waals surface area contributed by atoms with Crippen LogP contribution in [0.3, 0.4) is 0 Å². The lowest BCUT2D eigenvalue weighted by atomic mass is 9.89. The molecule has 1 saturated carbocycles. The fraction of sp³-hybridized carbons (Fsp3) is 0.333. The lowest BCUT2D eigenvalue weighted by molar-refractivity contribution is 0.0690. The van der Waals surface area contributed by atoms with Crippen LogP contribution in [0.4, 0.5) is 0 Å². The van der Waals surface area contributed by atoms with Gasteiger partial charge in [0, 0.05) is 5.92 Å². The Hall–Kier alpha value is -2.36. The smallest absolute Gasteiger partial charge is 0.356 e. The fourth-order valence-corrected chi connectivity index (χ4v) is 3.00. The predicted octanol–water partition coefficient (Wildman–Crippen LogP) is 4.33. The molecule has 114 valence electrons. The lowest BCUT2D eigenvalue weighted by Gasteiger charge is -2.19. The molecule has 0 saturated heterocycles. The summed E-state index contributed by atoms with van der Waals surface area (Å²) in [6, 6.07) is 9.83. The van der Waals surface area contributed by atoms with Gasteiger partial charge in [-0.15, -0.1) is 0 Å². The van der Waals surface area contributed by atoms with Gasteiger partial charge in [-0.3, -0.25) is 0 Å². The average molecular weight is 296 g/mol. The van der Waals surface area contributed by atoms with Crippen molar-refractivity contribution >= 4 is 18.1 Å². The molecule has 0 unspecified atom stereocenters. The summed E-state index contributed by atoms with van der Waals surface area (Å²) in [5.41, 5.74) is 1.73. The molecule has 0 atom stereocenters. The number of aromatic carboxylic acids is 1. The monoisotopic (exact) mass is 296 g/mol. The summed E-state index contributed by atoms with van der Waals surface area (Å²) in [5, 5.41) is 9.36. The van der Waals surface area contributed by atoms with Crippen LogP contribution in [0.25, 0.3) is 12.2 Å². The molecule has 1 aromatic heterocycles. The van der Waals surface area contributed by atoms with Gasteiger partial charge in [0.05, 0.1) is 5.69 Å². The van der Waals surface area contributed by atoms with Gasteiger partial charge in [0.2, 0.25) is 0 Å². The highest BCUT2D eigenvalue weighted by Gasteiger charge is 2.22. The number of imidazole rings is 1. The van der Waals surface area contributed by atoms with Crippen molar-refractivity contribution in [1.29, 1.82) is 0 Å². The quantitative estimate of drug-likeness (QED) is 0.882. The summed E-state index contributed by atoms with van der Waals surface area (Å²) < 4.78 is 0. The molecule has 2 N–H and O–H groups in total. The Morgan fingerprint density at radius 3 is 2.55 bits per heavy atom. The van der Waals surface area contributed by atoms with Gasteiger partial charge < -0.3 is 10.1 Å². The van der Waals surface area contributed by atoms with Crippen molar-refractivity contribution in [3.05, 3.63) is 53.1 Å². The van der Waals surface area contributed by atoms with Gasteiger partial charge in [-0.05, 0) is 24.5 Å². The molecular formula is C18H20N2O2. The summed E-state index contributed by atoms with van der Waals surface area (Å²) in [6.45, 7) is 0. The molecule has 0 spiro atoms. The molecule has 0 bridgehead atoms. The number of hydrogen-bond donors (Lipinski definition) is 2. The Bertz CT molecular complexity index is 668. The molecule has 0 amide bonds. The van der Waals surface area contributed by atoms with Crippen LogP contribution in [0.5, 0.6) is 0 Å². The Labute approximate surface area is 129 Å². The van der Waals surface area contributed by atoms with E-state index in [1.807, 2.05) is 36.4 Å². The van der Waals surface area contributed by atoms with Crippen LogP contribution in [-0.4, -0.2) is 21.0 Å². The second kappa shape index (κ2) is 6.60. The minimum absolute atomic E-state index is 0.118. The van der Waals surface area contributed by atoms with Crippen molar-refractivity contribution in [3.63, 3.8) is 0 Å². The van der Waals surface area contributed by atoms with E-state index in [-0.39, 0.29) is 5.69 Å². The average Bonchev–Trinajstić information content (AvgIpc) is 2.99. The Morgan fingerprint density at radius 1 is 1.14 bits per heavy atom. The van der Waals surface area contributed by atoms with E-state index in [9.17, 15) is 9.90 Å². The highest BCUT2D eigenvalue weighted by Crippen LogP contribution is 2.31. The molecule has 1 heterocycles. The fourth-order valence-electron chi connectivity index (χ4n) is 3.00. The van der Waals surface area contributed by atoms with E-state index >= 15 is 0 Å². The van der Waals surface area contributed by atoms with Crippen LogP contribution in [-0.2, 0) is 0 Å². The van der Waals surface area contributed by atoms with E-state index in [2.05, 4.69) is 9.97 Å². The number of carboxylic acids is 1. The number of carbonyl (C=O) groups is 1. The van der Waals surface area contributed by atoms with Crippen LogP contribution in [0.1, 0.15) is 65.6 Å². The first-order chi connectivity index (χ1) is 10.7. The van der Waals surface area contributed by atoms with Crippen LogP contribution >= 0.6 is 0 Å². The summed E-state index contributed by atoms with van der Waals surface area (Å²) in [7, 11) is 0. The second-order valence-electron chi connectivity index (χ2n) is 5.77. The third-order valence-corrected chi connectivity index (χ3v) is 4.19. The van der Waals surface area contributed by atoms with E-state index in [0.717, 1.165) is 24.2 Å². The summed E-state index contributed by atoms with van der Waals surface area (Å²) in [4.78, 5) is 19.0. The van der Waals surface area contributed by atoms with Gasteiger partial charge >= 0.3 is 5.97 Å². The first-order valence-corrected chi connectivity index (χ1v) is 7.80. The zero-order valence-corrected chi connectivity index (χ0v) is 12.5. The maximum absolute atomic E-state index is 11.4. The van der Waals surface area contributed by atoms with Crippen molar-refractivity contribution in [2.24, 2.45) is 0 Å². The number of benzene rings is 1. The Morgan fingerprint density at radius 2 is 1.86 bits per heavy atom. The van der Waals surface area contributed by atoms with E-state index in [1.54, 1.807) is 6.08 Å². The third-order valence-electron chi connectivity index (χ3n) is 4.19. The molecule has 4 heteroatoms. The number of H-pyrrole nitrogens is 1. The molecule has 2 aromatic rings. The highest BCUT2D eigenvalue weighted by atomic mass is 16.4. The number of aromatic nitrogens is 2. The van der Waals surface area contributed by atoms with Crippen molar-refractivity contribution in [2.75, 3.05) is 0 Å². The molecular weight excluding hydrogens is 276 g/mol. The van der Waals surface area contributed by atoms with Crippen LogP contribution in [0.2, 0.25) is 0 Å². The summed E-state index contributed by atoms with van der Waals surface area (Å²) in [5.74, 6) is 0.210. The second-order valence-corrected chi connectivity index (χ2v) is 5.77. The zero-order chi connectivity index (χ0) is 15.4. The van der Waals surface area contributed by atoms with Gasteiger partial charge in [-0.25, -0.2) is 9.78 Å². The van der Waals surface area contributed by atoms with Crippen molar-refractivity contribution in [1.82, 2.24) is 9.97 Å². The lowest BCUT2D eigenvalue weighted by Crippen LogP contribution is -2.06. The number of aromatic amines is 1. The Balaban J connectivity index is 1.87. The van der Waals surface area contributed by atoms with Gasteiger partial charge in [0.15, 0.2) is 5.69 Å². The standard InChI is InChI=1S/C18H20N2O2/c21-18(22)16-15(12-11-13-7-3-1-4-8-13)19-17(20-16)14-9-5-2-6-10-14/h1,3-4,7-8,11-12,14H,2,5-6,9-10H2,(H,19,20)(H,21,22). The number of nitrogens with zero attached hydrogens (tertiary/aromatic N) is 1. The van der Waals surface area contributed by atoms with Gasteiger partial charge in [-0.1, -0.05) is 55.7 Å². The minimum atomic E-state index is -0.981. The highest BCUT2D eigenvalue weighted by molar-refractivity contribution is 5.90. The van der Waals surface area contributed by atoms with E-state index in [0.29, 0.717) is 11.6 Å². The van der Waals surface area contributed by atoms with Gasteiger partial charge in [-0.2, -0.15) is 0 Å². The van der Waals surface area contributed by atoms with Crippen molar-refractivity contribution in [3.8, 4) is 0 Å². The number of rotatable bonds is 4. The normalized spacial score (nSPS) is 16.2. The summed E-state index contributed by atoms with van der Waals surface area (Å²) >= 11 is 0. The molecule has 1 aliphatic rings. The first kappa shape index (κ1) is 14.6. The number of carboxylic acid groups (broad SMARTS) is 1. The predicted molar refractivity (Wildman–Crippen MR) is 86.7 cm³/mol. The van der Waals surface area contributed by atoms with Crippen LogP contribution < -0.4 is 0 Å². The van der Waals surface area contributed by atoms with Gasteiger partial charge in [0.25, 0.3) is 0 Å². The molecule has 1 fully saturated rings. The Kier molecular flexibility index (Phi) is 4.37. The van der Waals surface area contributed by atoms with E-state index in [1.165, 1.54) is 19.3 Å². The molecule has 3 rings (SSSR count). The number of nitrogens with one attached hydrogen (secondary N) is 1. The number of hydrogen-bond acceptors (Lipinski definition) is 2. The summed E-state index contributed by atoms with van der Waals surface area (Å²) in [6.07, 6.45) is 9.56. The molecule has 1 aliphatic carbocycles. The van der Waals surface area contributed by atoms with Gasteiger partial charge in [0.1, 0.15) is 5.82 Å². The topological polar surface area (TPSA) is 66.0 Å². The van der Waals surface area contributed by atoms with E-state index < -0.39 is 5.97 Å². The third kappa shape index (κ3) is 3.27. The molecule has 0 radical (unpaired) electrons. The first-order valence-electron chi connectivity index (χ1n) is 7.80. The molecule has 1 aromatic carbocycles. The zero-order valence-electron chi connectivity index (χ0n) is 12.5.